The lowest BCUT2D eigenvalue weighted by atomic mass is 10.1. The maximum Gasteiger partial charge on any atom is 0.137 e. The van der Waals surface area contributed by atoms with E-state index < -0.39 is 0 Å². The summed E-state index contributed by atoms with van der Waals surface area (Å²) >= 11 is 0. The first kappa shape index (κ1) is 14.4. The van der Waals surface area contributed by atoms with Crippen LogP contribution >= 0.6 is 0 Å². The van der Waals surface area contributed by atoms with Crippen LogP contribution in [0.15, 0.2) is 18.2 Å². The van der Waals surface area contributed by atoms with Gasteiger partial charge in [0.15, 0.2) is 0 Å². The van der Waals surface area contributed by atoms with Crippen LogP contribution in [0.3, 0.4) is 0 Å². The zero-order valence-corrected chi connectivity index (χ0v) is 12.1. The average Bonchev–Trinajstić information content (AvgIpc) is 2.90. The number of aliphatic hydroxyl groups excluding tert-OH is 1. The van der Waals surface area contributed by atoms with Gasteiger partial charge in [0, 0.05) is 0 Å². The lowest BCUT2D eigenvalue weighted by Gasteiger charge is -2.15. The van der Waals surface area contributed by atoms with Crippen molar-refractivity contribution >= 4 is 0 Å². The van der Waals surface area contributed by atoms with Gasteiger partial charge in [-0.1, -0.05) is 12.1 Å². The summed E-state index contributed by atoms with van der Waals surface area (Å²) in [6.07, 6.45) is 4.89. The van der Waals surface area contributed by atoms with Gasteiger partial charge in [-0.15, -0.1) is 0 Å². The number of hydrogen-bond donors (Lipinski definition) is 2. The highest BCUT2D eigenvalue weighted by Crippen LogP contribution is 2.19. The number of nitrogens with two attached hydrogens (primary N) is 1. The van der Waals surface area contributed by atoms with Crippen LogP contribution in [-0.4, -0.2) is 30.4 Å². The molecule has 1 saturated carbocycles. The van der Waals surface area contributed by atoms with E-state index in [2.05, 4.69) is 24.4 Å². The third kappa shape index (κ3) is 4.51. The van der Waals surface area contributed by atoms with Crippen LogP contribution in [0.2, 0.25) is 0 Å². The zero-order chi connectivity index (χ0) is 13.7. The van der Waals surface area contributed by atoms with Crippen molar-refractivity contribution in [3.8, 4) is 5.75 Å². The maximum absolute atomic E-state index is 9.97. The molecule has 1 aromatic rings. The normalized spacial score (nSPS) is 17.6. The minimum absolute atomic E-state index is 0.382. The highest BCUT2D eigenvalue weighted by molar-refractivity contribution is 5.35. The van der Waals surface area contributed by atoms with E-state index >= 15 is 0 Å². The number of benzene rings is 1. The van der Waals surface area contributed by atoms with Gasteiger partial charge >= 0.3 is 0 Å². The minimum atomic E-state index is -0.388. The third-order valence-corrected chi connectivity index (χ3v) is 3.92. The lowest BCUT2D eigenvalue weighted by molar-refractivity contribution is -0.693. The molecule has 19 heavy (non-hydrogen) atoms. The molecule has 1 aliphatic rings. The standard InChI is InChI=1S/C16H25NO2/c1-12-7-8-13(2)16(9-12)19-11-15(18)10-17-14-5-3-4-6-14/h7-9,14-15,17-18H,3-6,10-11H2,1-2H3/p+1/t15-/m0/s1. The summed E-state index contributed by atoms with van der Waals surface area (Å²) in [5.41, 5.74) is 2.31. The first-order chi connectivity index (χ1) is 9.15. The molecule has 0 saturated heterocycles. The zero-order valence-electron chi connectivity index (χ0n) is 12.1. The van der Waals surface area contributed by atoms with Crippen LogP contribution in [0, 0.1) is 13.8 Å². The van der Waals surface area contributed by atoms with Gasteiger partial charge in [0.25, 0.3) is 0 Å². The topological polar surface area (TPSA) is 46.1 Å². The molecule has 0 unspecified atom stereocenters. The fourth-order valence-electron chi connectivity index (χ4n) is 2.66. The molecule has 0 bridgehead atoms. The predicted octanol–water partition coefficient (Wildman–Crippen LogP) is 1.55. The smallest absolute Gasteiger partial charge is 0.137 e. The van der Waals surface area contributed by atoms with E-state index in [0.717, 1.165) is 23.9 Å². The Hall–Kier alpha value is -1.06. The number of aliphatic hydroxyl groups is 1. The third-order valence-electron chi connectivity index (χ3n) is 3.92. The number of quaternary nitrogens is 1. The SMILES string of the molecule is Cc1ccc(C)c(OC[C@@H](O)C[NH2+]C2CCCC2)c1. The van der Waals surface area contributed by atoms with Crippen LogP contribution in [0.1, 0.15) is 36.8 Å². The summed E-state index contributed by atoms with van der Waals surface area (Å²) in [6, 6.07) is 6.88. The van der Waals surface area contributed by atoms with Crippen molar-refractivity contribution in [2.45, 2.75) is 51.7 Å². The molecular formula is C16H26NO2+. The van der Waals surface area contributed by atoms with E-state index in [1.165, 1.54) is 31.2 Å². The first-order valence-corrected chi connectivity index (χ1v) is 7.36. The highest BCUT2D eigenvalue weighted by atomic mass is 16.5. The van der Waals surface area contributed by atoms with Crippen molar-refractivity contribution in [3.63, 3.8) is 0 Å². The van der Waals surface area contributed by atoms with Gasteiger partial charge < -0.3 is 15.2 Å². The summed E-state index contributed by atoms with van der Waals surface area (Å²) < 4.78 is 5.72. The fourth-order valence-corrected chi connectivity index (χ4v) is 2.66. The largest absolute Gasteiger partial charge is 0.490 e. The molecule has 0 radical (unpaired) electrons. The van der Waals surface area contributed by atoms with E-state index in [1.807, 2.05) is 13.0 Å². The Morgan fingerprint density at radius 2 is 2.05 bits per heavy atom. The minimum Gasteiger partial charge on any atom is -0.490 e. The number of aryl methyl sites for hydroxylation is 2. The molecule has 1 aromatic carbocycles. The Labute approximate surface area is 116 Å². The Morgan fingerprint density at radius 1 is 1.32 bits per heavy atom. The van der Waals surface area contributed by atoms with Crippen LogP contribution in [0.25, 0.3) is 0 Å². The second kappa shape index (κ2) is 6.92. The van der Waals surface area contributed by atoms with E-state index in [0.29, 0.717) is 6.61 Å². The second-order valence-electron chi connectivity index (χ2n) is 5.75. The van der Waals surface area contributed by atoms with Crippen LogP contribution in [0.4, 0.5) is 0 Å². The summed E-state index contributed by atoms with van der Waals surface area (Å²) in [6.45, 7) is 5.21. The second-order valence-corrected chi connectivity index (χ2v) is 5.75. The molecule has 0 heterocycles. The van der Waals surface area contributed by atoms with Crippen LogP contribution < -0.4 is 10.1 Å². The first-order valence-electron chi connectivity index (χ1n) is 7.36. The maximum atomic E-state index is 9.97. The predicted molar refractivity (Wildman–Crippen MR) is 76.5 cm³/mol. The summed E-state index contributed by atoms with van der Waals surface area (Å²) in [7, 11) is 0. The summed E-state index contributed by atoms with van der Waals surface area (Å²) in [4.78, 5) is 0. The monoisotopic (exact) mass is 264 g/mol. The van der Waals surface area contributed by atoms with Crippen molar-refractivity contribution in [2.24, 2.45) is 0 Å². The molecule has 1 aliphatic carbocycles. The van der Waals surface area contributed by atoms with Gasteiger partial charge in [0.2, 0.25) is 0 Å². The van der Waals surface area contributed by atoms with Gasteiger partial charge in [-0.25, -0.2) is 0 Å². The van der Waals surface area contributed by atoms with Gasteiger partial charge in [-0.2, -0.15) is 0 Å². The number of hydrogen-bond acceptors (Lipinski definition) is 2. The molecule has 0 aromatic heterocycles. The fraction of sp³-hybridized carbons (Fsp3) is 0.625. The summed E-state index contributed by atoms with van der Waals surface area (Å²) in [5, 5.41) is 12.3. The molecule has 3 nitrogen and oxygen atoms in total. The van der Waals surface area contributed by atoms with Crippen LogP contribution in [-0.2, 0) is 0 Å². The molecule has 0 amide bonds. The van der Waals surface area contributed by atoms with Gasteiger partial charge in [0.05, 0.1) is 6.04 Å². The number of rotatable bonds is 6. The Morgan fingerprint density at radius 3 is 2.79 bits per heavy atom. The van der Waals surface area contributed by atoms with Crippen LogP contribution in [0.5, 0.6) is 5.75 Å². The molecular weight excluding hydrogens is 238 g/mol. The van der Waals surface area contributed by atoms with E-state index in [1.54, 1.807) is 0 Å². The Balaban J connectivity index is 1.73. The summed E-state index contributed by atoms with van der Waals surface area (Å²) in [5.74, 6) is 0.889. The van der Waals surface area contributed by atoms with E-state index in [-0.39, 0.29) is 6.10 Å². The molecule has 1 fully saturated rings. The van der Waals surface area contributed by atoms with Gasteiger partial charge in [0.1, 0.15) is 25.0 Å². The number of ether oxygens (including phenoxy) is 1. The van der Waals surface area contributed by atoms with Gasteiger partial charge in [-0.05, 0) is 56.7 Å². The highest BCUT2D eigenvalue weighted by Gasteiger charge is 2.19. The Kier molecular flexibility index (Phi) is 5.23. The van der Waals surface area contributed by atoms with Crippen molar-refractivity contribution in [3.05, 3.63) is 29.3 Å². The molecule has 3 heteroatoms. The van der Waals surface area contributed by atoms with E-state index in [4.69, 9.17) is 4.74 Å². The molecule has 0 aliphatic heterocycles. The quantitative estimate of drug-likeness (QED) is 0.819. The molecule has 106 valence electrons. The molecule has 2 rings (SSSR count). The van der Waals surface area contributed by atoms with Gasteiger partial charge in [-0.3, -0.25) is 0 Å². The van der Waals surface area contributed by atoms with Crippen molar-refractivity contribution in [2.75, 3.05) is 13.2 Å². The molecule has 1 atom stereocenters. The van der Waals surface area contributed by atoms with Crippen molar-refractivity contribution in [1.29, 1.82) is 0 Å². The Bertz CT molecular complexity index is 400. The molecule has 0 spiro atoms. The van der Waals surface area contributed by atoms with E-state index in [9.17, 15) is 5.11 Å². The van der Waals surface area contributed by atoms with Crippen molar-refractivity contribution < 1.29 is 15.2 Å². The lowest BCUT2D eigenvalue weighted by Crippen LogP contribution is -2.91. The van der Waals surface area contributed by atoms with Crippen molar-refractivity contribution in [1.82, 2.24) is 0 Å². The molecule has 3 N–H and O–H groups in total. The average molecular weight is 264 g/mol.